The van der Waals surface area contributed by atoms with Gasteiger partial charge in [-0.05, 0) is 12.1 Å². The Bertz CT molecular complexity index is 558. The number of rotatable bonds is 6. The van der Waals surface area contributed by atoms with Crippen LogP contribution in [0.3, 0.4) is 0 Å². The fourth-order valence-electron chi connectivity index (χ4n) is 1.40. The molecule has 1 unspecified atom stereocenters. The largest absolute Gasteiger partial charge is 0.431 e. The molecule has 2 aromatic rings. The average molecular weight is 302 g/mol. The molecule has 1 aromatic carbocycles. The van der Waals surface area contributed by atoms with E-state index in [4.69, 9.17) is 9.52 Å². The zero-order valence-electron chi connectivity index (χ0n) is 10.3. The second-order valence-electron chi connectivity index (χ2n) is 3.94. The van der Waals surface area contributed by atoms with Gasteiger partial charge < -0.3 is 14.8 Å². The molecule has 1 aromatic heterocycles. The van der Waals surface area contributed by atoms with Gasteiger partial charge in [-0.2, -0.15) is 0 Å². The van der Waals surface area contributed by atoms with Crippen LogP contribution in [0.25, 0.3) is 11.1 Å². The molecule has 0 saturated heterocycles. The molecule has 0 spiro atoms. The Balaban J connectivity index is 1.81. The van der Waals surface area contributed by atoms with Crippen LogP contribution in [0.2, 0.25) is 0 Å². The lowest BCUT2D eigenvalue weighted by molar-refractivity contribution is -0.119. The third kappa shape index (κ3) is 3.91. The number of thioether (sulfide) groups is 1. The molecule has 5 nitrogen and oxygen atoms in total. The minimum Gasteiger partial charge on any atom is -0.431 e. The Morgan fingerprint density at radius 3 is 2.90 bits per heavy atom. The molecule has 0 radical (unpaired) electrons. The number of aliphatic hydroxyl groups excluding tert-OH is 1. The van der Waals surface area contributed by atoms with E-state index in [1.54, 1.807) is 18.2 Å². The molecule has 2 N–H and O–H groups in total. The zero-order chi connectivity index (χ0) is 14.5. The summed E-state index contributed by atoms with van der Waals surface area (Å²) >= 11 is 1.06. The second kappa shape index (κ2) is 6.67. The van der Waals surface area contributed by atoms with Crippen molar-refractivity contribution in [3.8, 4) is 0 Å². The van der Waals surface area contributed by atoms with Crippen molar-refractivity contribution < 1.29 is 23.1 Å². The Morgan fingerprint density at radius 2 is 2.20 bits per heavy atom. The highest BCUT2D eigenvalue weighted by molar-refractivity contribution is 7.99. The van der Waals surface area contributed by atoms with E-state index < -0.39 is 25.0 Å². The van der Waals surface area contributed by atoms with Crippen LogP contribution in [0.15, 0.2) is 33.9 Å². The number of para-hydroxylation sites is 2. The van der Waals surface area contributed by atoms with Gasteiger partial charge >= 0.3 is 0 Å². The van der Waals surface area contributed by atoms with E-state index in [0.29, 0.717) is 16.3 Å². The number of hydrogen-bond acceptors (Lipinski definition) is 5. The first kappa shape index (κ1) is 14.7. The average Bonchev–Trinajstić information content (AvgIpc) is 2.85. The highest BCUT2D eigenvalue weighted by atomic mass is 32.2. The van der Waals surface area contributed by atoms with Crippen LogP contribution in [0.5, 0.6) is 0 Å². The Kier molecular flexibility index (Phi) is 4.91. The van der Waals surface area contributed by atoms with Crippen LogP contribution >= 0.6 is 11.8 Å². The number of oxazole rings is 1. The number of benzene rings is 1. The van der Waals surface area contributed by atoms with Gasteiger partial charge in [0.2, 0.25) is 5.91 Å². The van der Waals surface area contributed by atoms with Gasteiger partial charge in [-0.25, -0.2) is 13.8 Å². The molecular weight excluding hydrogens is 290 g/mol. The number of fused-ring (bicyclic) bond motifs is 1. The standard InChI is InChI=1S/C12H12F2N2O3S/c13-11(14)8(17)5-15-10(18)6-20-12-16-7-3-1-2-4-9(7)19-12/h1-4,8,11,17H,5-6H2,(H,15,18). The monoisotopic (exact) mass is 302 g/mol. The number of aliphatic hydroxyl groups is 1. The number of aromatic nitrogens is 1. The molecule has 0 aliphatic heterocycles. The van der Waals surface area contributed by atoms with Crippen LogP contribution in [0.1, 0.15) is 0 Å². The first-order valence-electron chi connectivity index (χ1n) is 5.77. The van der Waals surface area contributed by atoms with Gasteiger partial charge in [-0.1, -0.05) is 23.9 Å². The van der Waals surface area contributed by atoms with E-state index in [1.165, 1.54) is 0 Å². The summed E-state index contributed by atoms with van der Waals surface area (Å²) in [5.74, 6) is -0.500. The SMILES string of the molecule is O=C(CSc1nc2ccccc2o1)NCC(O)C(F)F. The minimum atomic E-state index is -2.88. The highest BCUT2D eigenvalue weighted by Gasteiger charge is 2.17. The van der Waals surface area contributed by atoms with E-state index in [0.717, 1.165) is 11.8 Å². The molecule has 8 heteroatoms. The molecule has 0 saturated carbocycles. The lowest BCUT2D eigenvalue weighted by Gasteiger charge is -2.09. The molecule has 20 heavy (non-hydrogen) atoms. The van der Waals surface area contributed by atoms with E-state index in [1.807, 2.05) is 6.07 Å². The van der Waals surface area contributed by atoms with Crippen molar-refractivity contribution in [2.45, 2.75) is 17.8 Å². The predicted molar refractivity (Wildman–Crippen MR) is 69.8 cm³/mol. The van der Waals surface area contributed by atoms with Crippen molar-refractivity contribution in [2.75, 3.05) is 12.3 Å². The fourth-order valence-corrected chi connectivity index (χ4v) is 2.07. The molecular formula is C12H12F2N2O3S. The molecule has 108 valence electrons. The Labute approximate surface area is 117 Å². The number of alkyl halides is 2. The molecule has 1 heterocycles. The van der Waals surface area contributed by atoms with Crippen LogP contribution in [0, 0.1) is 0 Å². The number of carbonyl (C=O) groups excluding carboxylic acids is 1. The fraction of sp³-hybridized carbons (Fsp3) is 0.333. The quantitative estimate of drug-likeness (QED) is 0.794. The molecule has 1 amide bonds. The van der Waals surface area contributed by atoms with E-state index in [2.05, 4.69) is 10.3 Å². The lowest BCUT2D eigenvalue weighted by atomic mass is 10.3. The molecule has 0 aliphatic carbocycles. The van der Waals surface area contributed by atoms with Gasteiger partial charge in [-0.3, -0.25) is 4.79 Å². The maximum Gasteiger partial charge on any atom is 0.265 e. The van der Waals surface area contributed by atoms with Crippen molar-refractivity contribution in [3.63, 3.8) is 0 Å². The summed E-state index contributed by atoms with van der Waals surface area (Å²) < 4.78 is 29.4. The van der Waals surface area contributed by atoms with Crippen LogP contribution < -0.4 is 5.32 Å². The summed E-state index contributed by atoms with van der Waals surface area (Å²) in [5, 5.41) is 11.4. The van der Waals surface area contributed by atoms with Crippen molar-refractivity contribution in [3.05, 3.63) is 24.3 Å². The predicted octanol–water partition coefficient (Wildman–Crippen LogP) is 1.66. The summed E-state index contributed by atoms with van der Waals surface area (Å²) in [5.41, 5.74) is 1.30. The maximum absolute atomic E-state index is 12.0. The Hall–Kier alpha value is -1.67. The van der Waals surface area contributed by atoms with E-state index in [-0.39, 0.29) is 5.75 Å². The van der Waals surface area contributed by atoms with Crippen molar-refractivity contribution in [1.82, 2.24) is 10.3 Å². The first-order chi connectivity index (χ1) is 9.56. The van der Waals surface area contributed by atoms with Crippen LogP contribution in [0.4, 0.5) is 8.78 Å². The zero-order valence-corrected chi connectivity index (χ0v) is 11.1. The van der Waals surface area contributed by atoms with Gasteiger partial charge in [0, 0.05) is 6.54 Å². The maximum atomic E-state index is 12.0. The summed E-state index contributed by atoms with van der Waals surface area (Å²) in [6, 6.07) is 7.16. The molecule has 0 bridgehead atoms. The molecule has 0 aliphatic rings. The summed E-state index contributed by atoms with van der Waals surface area (Å²) in [4.78, 5) is 15.6. The number of nitrogens with one attached hydrogen (secondary N) is 1. The van der Waals surface area contributed by atoms with Gasteiger partial charge in [0.05, 0.1) is 5.75 Å². The number of amides is 1. The smallest absolute Gasteiger partial charge is 0.265 e. The van der Waals surface area contributed by atoms with Crippen molar-refractivity contribution in [2.24, 2.45) is 0 Å². The molecule has 2 rings (SSSR count). The third-order valence-corrected chi connectivity index (χ3v) is 3.23. The molecule has 0 fully saturated rings. The summed E-state index contributed by atoms with van der Waals surface area (Å²) in [6.45, 7) is -0.482. The van der Waals surface area contributed by atoms with Gasteiger partial charge in [0.15, 0.2) is 5.58 Å². The normalized spacial score (nSPS) is 12.8. The van der Waals surface area contributed by atoms with Crippen molar-refractivity contribution >= 4 is 28.8 Å². The lowest BCUT2D eigenvalue weighted by Crippen LogP contribution is -2.36. The van der Waals surface area contributed by atoms with E-state index in [9.17, 15) is 13.6 Å². The number of nitrogens with zero attached hydrogens (tertiary/aromatic N) is 1. The van der Waals surface area contributed by atoms with Crippen molar-refractivity contribution in [1.29, 1.82) is 0 Å². The van der Waals surface area contributed by atoms with Gasteiger partial charge in [0.25, 0.3) is 11.6 Å². The second-order valence-corrected chi connectivity index (χ2v) is 4.87. The summed E-state index contributed by atoms with van der Waals surface area (Å²) in [7, 11) is 0. The van der Waals surface area contributed by atoms with Gasteiger partial charge in [-0.15, -0.1) is 0 Å². The Morgan fingerprint density at radius 1 is 1.45 bits per heavy atom. The molecule has 1 atom stereocenters. The minimum absolute atomic E-state index is 0.0250. The van der Waals surface area contributed by atoms with Crippen LogP contribution in [-0.4, -0.2) is 40.8 Å². The number of carbonyl (C=O) groups is 1. The number of hydrogen-bond donors (Lipinski definition) is 2. The number of halogens is 2. The topological polar surface area (TPSA) is 75.4 Å². The summed E-state index contributed by atoms with van der Waals surface area (Å²) in [6.07, 6.45) is -4.73. The third-order valence-electron chi connectivity index (χ3n) is 2.40. The highest BCUT2D eigenvalue weighted by Crippen LogP contribution is 2.22. The van der Waals surface area contributed by atoms with E-state index >= 15 is 0 Å². The van der Waals surface area contributed by atoms with Crippen LogP contribution in [-0.2, 0) is 4.79 Å². The first-order valence-corrected chi connectivity index (χ1v) is 6.76. The van der Waals surface area contributed by atoms with Gasteiger partial charge in [0.1, 0.15) is 11.6 Å².